The Morgan fingerprint density at radius 1 is 0.378 bits per heavy atom. The molecule has 2 saturated heterocycles. The van der Waals surface area contributed by atoms with Gasteiger partial charge in [-0.3, -0.25) is 4.79 Å². The van der Waals surface area contributed by atoms with E-state index < -0.39 is 86.8 Å². The van der Waals surface area contributed by atoms with E-state index >= 15 is 0 Å². The van der Waals surface area contributed by atoms with Gasteiger partial charge in [0.25, 0.3) is 0 Å². The molecule has 98 heavy (non-hydrogen) atoms. The van der Waals surface area contributed by atoms with Crippen molar-refractivity contribution in [2.45, 2.75) is 408 Å². The van der Waals surface area contributed by atoms with Gasteiger partial charge in [0.05, 0.1) is 32.0 Å². The molecule has 2 heterocycles. The van der Waals surface area contributed by atoms with E-state index in [9.17, 15) is 45.6 Å². The summed E-state index contributed by atoms with van der Waals surface area (Å²) in [5.41, 5.74) is 0. The van der Waals surface area contributed by atoms with Gasteiger partial charge in [-0.25, -0.2) is 0 Å². The van der Waals surface area contributed by atoms with E-state index in [-0.39, 0.29) is 18.9 Å². The average Bonchev–Trinajstić information content (AvgIpc) is 0.793. The van der Waals surface area contributed by atoms with Crippen LogP contribution in [0.25, 0.3) is 0 Å². The molecule has 2 fully saturated rings. The molecule has 0 aliphatic carbocycles. The lowest BCUT2D eigenvalue weighted by atomic mass is 9.97. The van der Waals surface area contributed by atoms with Crippen molar-refractivity contribution in [2.75, 3.05) is 19.8 Å². The lowest BCUT2D eigenvalue weighted by Gasteiger charge is -2.46. The molecule has 0 spiro atoms. The van der Waals surface area contributed by atoms with Crippen molar-refractivity contribution in [3.63, 3.8) is 0 Å². The van der Waals surface area contributed by atoms with Crippen molar-refractivity contribution in [2.24, 2.45) is 0 Å². The van der Waals surface area contributed by atoms with Crippen LogP contribution in [0.3, 0.4) is 0 Å². The summed E-state index contributed by atoms with van der Waals surface area (Å²) in [5, 5.41) is 87.7. The first-order valence-electron chi connectivity index (χ1n) is 40.5. The van der Waals surface area contributed by atoms with E-state index in [1.54, 1.807) is 6.08 Å². The zero-order chi connectivity index (χ0) is 70.8. The fourth-order valence-corrected chi connectivity index (χ4v) is 12.9. The molecule has 0 radical (unpaired) electrons. The SMILES string of the molecule is CC/C=C\C/C=C\C/C=C\C/C=C\C/C=C\C/C=C\C/C=C\CCCCCCCCCCCC(=O)NC(COC1OC(CO)C(OC2OC(CO)C(O)C(O)C2O)C(O)C1O)C(O)/C=C/CCCCCCCCCCCCCCCCCCCCCCCCCCCCCCCCC. The smallest absolute Gasteiger partial charge is 0.220 e. The highest BCUT2D eigenvalue weighted by Gasteiger charge is 2.51. The summed E-state index contributed by atoms with van der Waals surface area (Å²) in [4.78, 5) is 13.4. The Morgan fingerprint density at radius 2 is 0.704 bits per heavy atom. The van der Waals surface area contributed by atoms with Crippen LogP contribution in [-0.4, -0.2) is 140 Å². The first-order valence-corrected chi connectivity index (χ1v) is 40.5. The van der Waals surface area contributed by atoms with Crippen LogP contribution in [0.4, 0.5) is 0 Å². The first-order chi connectivity index (χ1) is 48.1. The predicted molar refractivity (Wildman–Crippen MR) is 406 cm³/mol. The van der Waals surface area contributed by atoms with Crippen molar-refractivity contribution >= 4 is 5.91 Å². The van der Waals surface area contributed by atoms with Gasteiger partial charge >= 0.3 is 0 Å². The van der Waals surface area contributed by atoms with Gasteiger partial charge in [-0.15, -0.1) is 0 Å². The number of hydrogen-bond donors (Lipinski definition) is 9. The minimum absolute atomic E-state index is 0.245. The average molecular weight is 1380 g/mol. The molecule has 568 valence electrons. The topological polar surface area (TPSA) is 228 Å². The van der Waals surface area contributed by atoms with E-state index in [0.717, 1.165) is 89.9 Å². The van der Waals surface area contributed by atoms with Gasteiger partial charge in [-0.05, 0) is 77.0 Å². The normalized spacial score (nSPS) is 22.6. The molecule has 9 N–H and O–H groups in total. The van der Waals surface area contributed by atoms with Gasteiger partial charge in [-0.2, -0.15) is 0 Å². The second kappa shape index (κ2) is 67.1. The minimum atomic E-state index is -1.79. The predicted octanol–water partition coefficient (Wildman–Crippen LogP) is 18.5. The summed E-state index contributed by atoms with van der Waals surface area (Å²) in [6, 6.07) is -0.927. The van der Waals surface area contributed by atoms with Crippen molar-refractivity contribution in [3.05, 3.63) is 97.2 Å². The first kappa shape index (κ1) is 91.0. The molecule has 2 aliphatic heterocycles. The Balaban J connectivity index is 1.63. The molecule has 12 atom stereocenters. The molecule has 2 rings (SSSR count). The largest absolute Gasteiger partial charge is 0.394 e. The third-order valence-electron chi connectivity index (χ3n) is 19.3. The lowest BCUT2D eigenvalue weighted by Crippen LogP contribution is -2.65. The number of amides is 1. The maximum atomic E-state index is 13.4. The summed E-state index contributed by atoms with van der Waals surface area (Å²) < 4.78 is 22.9. The number of allylic oxidation sites excluding steroid dienone is 15. The molecule has 0 aromatic heterocycles. The number of aliphatic hydroxyl groups is 8. The summed E-state index contributed by atoms with van der Waals surface area (Å²) in [5.74, 6) is -0.245. The quantitative estimate of drug-likeness (QED) is 0.0204. The second-order valence-electron chi connectivity index (χ2n) is 28.2. The molecule has 1 amide bonds. The maximum Gasteiger partial charge on any atom is 0.220 e. The third kappa shape index (κ3) is 49.5. The molecule has 0 aromatic rings. The fourth-order valence-electron chi connectivity index (χ4n) is 12.9. The second-order valence-corrected chi connectivity index (χ2v) is 28.2. The number of aliphatic hydroxyl groups excluding tert-OH is 8. The van der Waals surface area contributed by atoms with Crippen LogP contribution in [0.1, 0.15) is 335 Å². The molecular formula is C84H149NO13. The monoisotopic (exact) mass is 1380 g/mol. The van der Waals surface area contributed by atoms with E-state index in [4.69, 9.17) is 18.9 Å². The Labute approximate surface area is 598 Å². The highest BCUT2D eigenvalue weighted by atomic mass is 16.7. The van der Waals surface area contributed by atoms with Gasteiger partial charge in [0.2, 0.25) is 5.91 Å². The molecule has 14 nitrogen and oxygen atoms in total. The van der Waals surface area contributed by atoms with Gasteiger partial charge in [0, 0.05) is 6.42 Å². The summed E-state index contributed by atoms with van der Waals surface area (Å²) >= 11 is 0. The number of hydrogen-bond acceptors (Lipinski definition) is 13. The lowest BCUT2D eigenvalue weighted by molar-refractivity contribution is -0.359. The van der Waals surface area contributed by atoms with Crippen LogP contribution in [0.5, 0.6) is 0 Å². The minimum Gasteiger partial charge on any atom is -0.394 e. The van der Waals surface area contributed by atoms with Gasteiger partial charge in [0.1, 0.15) is 48.8 Å². The van der Waals surface area contributed by atoms with Crippen molar-refractivity contribution in [1.29, 1.82) is 0 Å². The van der Waals surface area contributed by atoms with E-state index in [1.807, 2.05) is 6.08 Å². The zero-order valence-electron chi connectivity index (χ0n) is 62.3. The standard InChI is InChI=1S/C84H149NO13/c1-3-5-7-9-11-13-15-17-19-21-23-25-27-29-31-33-35-36-38-39-41-43-45-47-49-51-53-55-57-59-61-63-65-67-73(88)72(71-95-83-81(94)79(92)82(75(70-87)97-83)98-84-80(93)78(91)77(90)74(69-86)96-84)85-76(89)68-66-64-62-60-58-56-54-52-50-48-46-44-42-40-37-34-32-30-28-26-24-22-20-18-16-14-12-10-8-6-4-2/h6,8,12,14,18,20,24,26,30,32,37,40,44,46,65,67,72-75,77-84,86-88,90-94H,3-5,7,9-11,13,15-17,19,21-23,25,27-29,31,33-36,38-39,41-43,45,47-64,66,68-71H2,1-2H3,(H,85,89)/b8-6-,14-12-,20-18-,26-24-,32-30-,40-37-,46-44-,67-65+. The van der Waals surface area contributed by atoms with E-state index in [2.05, 4.69) is 104 Å². The van der Waals surface area contributed by atoms with Crippen LogP contribution in [0.15, 0.2) is 97.2 Å². The Morgan fingerprint density at radius 3 is 1.08 bits per heavy atom. The number of unbranched alkanes of at least 4 members (excludes halogenated alkanes) is 40. The molecule has 0 bridgehead atoms. The van der Waals surface area contributed by atoms with Crippen LogP contribution >= 0.6 is 0 Å². The Kier molecular flexibility index (Phi) is 62.3. The molecule has 0 aromatic carbocycles. The van der Waals surface area contributed by atoms with Gasteiger partial charge in [-0.1, -0.05) is 349 Å². The molecule has 0 saturated carbocycles. The number of carbonyl (C=O) groups excluding carboxylic acids is 1. The maximum absolute atomic E-state index is 13.4. The number of carbonyl (C=O) groups is 1. The van der Waals surface area contributed by atoms with Crippen molar-refractivity contribution in [1.82, 2.24) is 5.32 Å². The van der Waals surface area contributed by atoms with E-state index in [1.165, 1.54) is 218 Å². The summed E-state index contributed by atoms with van der Waals surface area (Å²) in [6.07, 6.45) is 79.1. The molecule has 12 unspecified atom stereocenters. The number of ether oxygens (including phenoxy) is 4. The van der Waals surface area contributed by atoms with Gasteiger partial charge < -0.3 is 65.1 Å². The third-order valence-corrected chi connectivity index (χ3v) is 19.3. The molecular weight excluding hydrogens is 1230 g/mol. The highest BCUT2D eigenvalue weighted by Crippen LogP contribution is 2.30. The van der Waals surface area contributed by atoms with Crippen molar-refractivity contribution in [3.8, 4) is 0 Å². The summed E-state index contributed by atoms with van der Waals surface area (Å²) in [6.45, 7) is 2.72. The van der Waals surface area contributed by atoms with Gasteiger partial charge in [0.15, 0.2) is 12.6 Å². The zero-order valence-corrected chi connectivity index (χ0v) is 62.3. The Bertz CT molecular complexity index is 2020. The highest BCUT2D eigenvalue weighted by molar-refractivity contribution is 5.76. The van der Waals surface area contributed by atoms with Crippen molar-refractivity contribution < 1.29 is 64.6 Å². The fraction of sp³-hybridized carbons (Fsp3) is 0.798. The molecule has 2 aliphatic rings. The molecule has 14 heteroatoms. The van der Waals surface area contributed by atoms with Crippen LogP contribution in [-0.2, 0) is 23.7 Å². The van der Waals surface area contributed by atoms with E-state index in [0.29, 0.717) is 6.42 Å². The summed E-state index contributed by atoms with van der Waals surface area (Å²) in [7, 11) is 0. The Hall–Kier alpha value is -3.09. The van der Waals surface area contributed by atoms with Crippen LogP contribution in [0.2, 0.25) is 0 Å². The number of rotatable bonds is 67. The number of nitrogens with one attached hydrogen (secondary N) is 1. The van der Waals surface area contributed by atoms with Crippen LogP contribution < -0.4 is 5.32 Å². The van der Waals surface area contributed by atoms with Crippen LogP contribution in [0, 0.1) is 0 Å².